The van der Waals surface area contributed by atoms with Gasteiger partial charge in [-0.3, -0.25) is 9.59 Å². The lowest BCUT2D eigenvalue weighted by molar-refractivity contribution is -0.139. The Balaban J connectivity index is 2.10. The van der Waals surface area contributed by atoms with Crippen molar-refractivity contribution in [1.82, 2.24) is 10.2 Å². The van der Waals surface area contributed by atoms with Crippen molar-refractivity contribution in [3.8, 4) is 0 Å². The normalized spacial score (nSPS) is 11.7. The van der Waals surface area contributed by atoms with Crippen LogP contribution in [0.3, 0.4) is 0 Å². The van der Waals surface area contributed by atoms with Gasteiger partial charge in [-0.2, -0.15) is 0 Å². The molecule has 0 saturated heterocycles. The predicted octanol–water partition coefficient (Wildman–Crippen LogP) is 5.95. The number of carbonyl (C=O) groups excluding carboxylic acids is 2. The number of benzene rings is 2. The van der Waals surface area contributed by atoms with Gasteiger partial charge in [0.05, 0.1) is 5.75 Å². The molecule has 0 heterocycles. The molecule has 31 heavy (non-hydrogen) atoms. The van der Waals surface area contributed by atoms with Crippen LogP contribution in [0.15, 0.2) is 48.5 Å². The van der Waals surface area contributed by atoms with E-state index in [0.29, 0.717) is 35.3 Å². The van der Waals surface area contributed by atoms with Gasteiger partial charge in [0.25, 0.3) is 0 Å². The van der Waals surface area contributed by atoms with Crippen LogP contribution in [0.4, 0.5) is 0 Å². The minimum Gasteiger partial charge on any atom is -0.354 e. The highest BCUT2D eigenvalue weighted by Crippen LogP contribution is 2.28. The van der Waals surface area contributed by atoms with Gasteiger partial charge in [0.2, 0.25) is 11.8 Å². The molecular weight excluding hydrogens is 451 g/mol. The van der Waals surface area contributed by atoms with Crippen molar-refractivity contribution in [2.45, 2.75) is 51.4 Å². The minimum absolute atomic E-state index is 0.0745. The van der Waals surface area contributed by atoms with Crippen molar-refractivity contribution in [3.05, 3.63) is 69.7 Å². The lowest BCUT2D eigenvalue weighted by Gasteiger charge is -2.30. The quantitative estimate of drug-likeness (QED) is 0.381. The highest BCUT2D eigenvalue weighted by atomic mass is 35.5. The zero-order valence-corrected chi connectivity index (χ0v) is 20.4. The summed E-state index contributed by atoms with van der Waals surface area (Å²) in [6.07, 6.45) is 2.48. The fraction of sp³-hybridized carbons (Fsp3) is 0.417. The number of halogens is 2. The standard InChI is InChI=1S/C24H30Cl2N2O2S/c1-3-5-14-27-24(30)22(4-2)28(15-18-10-7-6-8-11-18)23(29)17-31-16-19-20(25)12-9-13-21(19)26/h6-13,22H,3-5,14-17H2,1-2H3,(H,27,30)/t22-/m1/s1. The first-order valence-electron chi connectivity index (χ1n) is 10.6. The van der Waals surface area contributed by atoms with Gasteiger partial charge in [0.1, 0.15) is 6.04 Å². The molecule has 0 bridgehead atoms. The van der Waals surface area contributed by atoms with Gasteiger partial charge in [0.15, 0.2) is 0 Å². The largest absolute Gasteiger partial charge is 0.354 e. The Kier molecular flexibility index (Phi) is 11.3. The first-order valence-corrected chi connectivity index (χ1v) is 12.5. The minimum atomic E-state index is -0.505. The molecule has 1 atom stereocenters. The third kappa shape index (κ3) is 8.06. The number of unbranched alkanes of at least 4 members (excludes halogenated alkanes) is 1. The Labute approximate surface area is 199 Å². The van der Waals surface area contributed by atoms with Crippen LogP contribution in [0.25, 0.3) is 0 Å². The average Bonchev–Trinajstić information content (AvgIpc) is 2.76. The van der Waals surface area contributed by atoms with Crippen LogP contribution in [0, 0.1) is 0 Å². The maximum Gasteiger partial charge on any atom is 0.242 e. The number of amides is 2. The van der Waals surface area contributed by atoms with Crippen molar-refractivity contribution in [2.75, 3.05) is 12.3 Å². The molecule has 0 aliphatic rings. The van der Waals surface area contributed by atoms with Crippen molar-refractivity contribution >= 4 is 46.8 Å². The third-order valence-electron chi connectivity index (χ3n) is 4.94. The van der Waals surface area contributed by atoms with E-state index in [2.05, 4.69) is 12.2 Å². The zero-order chi connectivity index (χ0) is 22.6. The Morgan fingerprint density at radius 3 is 2.32 bits per heavy atom. The van der Waals surface area contributed by atoms with Crippen LogP contribution in [0.2, 0.25) is 10.0 Å². The van der Waals surface area contributed by atoms with Crippen molar-refractivity contribution < 1.29 is 9.59 Å². The van der Waals surface area contributed by atoms with Crippen LogP contribution in [0.5, 0.6) is 0 Å². The molecular formula is C24H30Cl2N2O2S. The van der Waals surface area contributed by atoms with Gasteiger partial charge in [-0.05, 0) is 36.1 Å². The highest BCUT2D eigenvalue weighted by Gasteiger charge is 2.28. The molecule has 2 amide bonds. The van der Waals surface area contributed by atoms with Gasteiger partial charge in [0, 0.05) is 28.9 Å². The molecule has 0 spiro atoms. The van der Waals surface area contributed by atoms with E-state index in [0.717, 1.165) is 24.0 Å². The summed E-state index contributed by atoms with van der Waals surface area (Å²) in [4.78, 5) is 27.7. The number of carbonyl (C=O) groups is 2. The van der Waals surface area contributed by atoms with Gasteiger partial charge in [-0.15, -0.1) is 11.8 Å². The number of hydrogen-bond acceptors (Lipinski definition) is 3. The summed E-state index contributed by atoms with van der Waals surface area (Å²) in [7, 11) is 0. The Morgan fingerprint density at radius 1 is 1.03 bits per heavy atom. The van der Waals surface area contributed by atoms with E-state index >= 15 is 0 Å². The van der Waals surface area contributed by atoms with Crippen LogP contribution in [-0.2, 0) is 21.9 Å². The van der Waals surface area contributed by atoms with E-state index in [4.69, 9.17) is 23.2 Å². The maximum atomic E-state index is 13.2. The third-order valence-corrected chi connectivity index (χ3v) is 6.60. The summed E-state index contributed by atoms with van der Waals surface area (Å²) in [6.45, 7) is 5.04. The van der Waals surface area contributed by atoms with Gasteiger partial charge in [-0.25, -0.2) is 0 Å². The van der Waals surface area contributed by atoms with Crippen LogP contribution < -0.4 is 5.32 Å². The lowest BCUT2D eigenvalue weighted by Crippen LogP contribution is -2.49. The van der Waals surface area contributed by atoms with Crippen molar-refractivity contribution in [3.63, 3.8) is 0 Å². The smallest absolute Gasteiger partial charge is 0.242 e. The molecule has 2 aromatic carbocycles. The number of thioether (sulfide) groups is 1. The number of nitrogens with zero attached hydrogens (tertiary/aromatic N) is 1. The van der Waals surface area contributed by atoms with Crippen LogP contribution >= 0.6 is 35.0 Å². The van der Waals surface area contributed by atoms with E-state index in [9.17, 15) is 9.59 Å². The summed E-state index contributed by atoms with van der Waals surface area (Å²) < 4.78 is 0. The van der Waals surface area contributed by atoms with Gasteiger partial charge < -0.3 is 10.2 Å². The molecule has 0 unspecified atom stereocenters. The molecule has 0 aliphatic heterocycles. The summed E-state index contributed by atoms with van der Waals surface area (Å²) in [5.41, 5.74) is 1.82. The second-order valence-electron chi connectivity index (χ2n) is 7.27. The number of hydrogen-bond donors (Lipinski definition) is 1. The first-order chi connectivity index (χ1) is 15.0. The SMILES string of the molecule is CCCCNC(=O)[C@@H](CC)N(Cc1ccccc1)C(=O)CSCc1c(Cl)cccc1Cl. The van der Waals surface area contributed by atoms with E-state index in [1.165, 1.54) is 11.8 Å². The Hall–Kier alpha value is -1.69. The molecule has 1 N–H and O–H groups in total. The molecule has 0 aromatic heterocycles. The molecule has 2 aromatic rings. The second kappa shape index (κ2) is 13.7. The monoisotopic (exact) mass is 480 g/mol. The van der Waals surface area contributed by atoms with Crippen molar-refractivity contribution in [1.29, 1.82) is 0 Å². The molecule has 0 radical (unpaired) electrons. The van der Waals surface area contributed by atoms with Crippen LogP contribution in [-0.4, -0.2) is 35.1 Å². The molecule has 0 aliphatic carbocycles. The second-order valence-corrected chi connectivity index (χ2v) is 9.07. The average molecular weight is 481 g/mol. The summed E-state index contributed by atoms with van der Waals surface area (Å²) in [5.74, 6) is 0.602. The molecule has 168 valence electrons. The highest BCUT2D eigenvalue weighted by molar-refractivity contribution is 7.99. The molecule has 0 saturated carbocycles. The number of nitrogens with one attached hydrogen (secondary N) is 1. The summed E-state index contributed by atoms with van der Waals surface area (Å²) in [5, 5.41) is 4.16. The van der Waals surface area contributed by atoms with E-state index < -0.39 is 6.04 Å². The maximum absolute atomic E-state index is 13.2. The van der Waals surface area contributed by atoms with Crippen LogP contribution in [0.1, 0.15) is 44.2 Å². The van der Waals surface area contributed by atoms with Gasteiger partial charge >= 0.3 is 0 Å². The first kappa shape index (κ1) is 25.6. The molecule has 4 nitrogen and oxygen atoms in total. The van der Waals surface area contributed by atoms with E-state index in [-0.39, 0.29) is 17.6 Å². The summed E-state index contributed by atoms with van der Waals surface area (Å²) >= 11 is 13.9. The fourth-order valence-electron chi connectivity index (χ4n) is 3.20. The predicted molar refractivity (Wildman–Crippen MR) is 132 cm³/mol. The Morgan fingerprint density at radius 2 is 1.71 bits per heavy atom. The topological polar surface area (TPSA) is 49.4 Å². The van der Waals surface area contributed by atoms with Gasteiger partial charge in [-0.1, -0.05) is 79.9 Å². The van der Waals surface area contributed by atoms with E-state index in [1.54, 1.807) is 23.1 Å². The zero-order valence-electron chi connectivity index (χ0n) is 18.1. The lowest BCUT2D eigenvalue weighted by atomic mass is 10.1. The van der Waals surface area contributed by atoms with Crippen molar-refractivity contribution in [2.24, 2.45) is 0 Å². The Bertz CT molecular complexity index is 828. The summed E-state index contributed by atoms with van der Waals surface area (Å²) in [6, 6.07) is 14.6. The molecule has 7 heteroatoms. The number of rotatable bonds is 12. The van der Waals surface area contributed by atoms with E-state index in [1.807, 2.05) is 37.3 Å². The fourth-order valence-corrected chi connectivity index (χ4v) is 4.85. The molecule has 0 fully saturated rings. The molecule has 2 rings (SSSR count).